The van der Waals surface area contributed by atoms with Gasteiger partial charge in [0, 0.05) is 11.8 Å². The molecule has 1 aromatic heterocycles. The summed E-state index contributed by atoms with van der Waals surface area (Å²) in [6.07, 6.45) is 2.61. The van der Waals surface area contributed by atoms with E-state index in [1.165, 1.54) is 24.3 Å². The van der Waals surface area contributed by atoms with E-state index >= 15 is 0 Å². The Morgan fingerprint density at radius 2 is 2.40 bits per heavy atom. The molecule has 1 fully saturated rings. The van der Waals surface area contributed by atoms with Crippen molar-refractivity contribution >= 4 is 11.8 Å². The Morgan fingerprint density at radius 1 is 1.53 bits per heavy atom. The zero-order valence-corrected chi connectivity index (χ0v) is 10.2. The van der Waals surface area contributed by atoms with E-state index in [1.807, 2.05) is 25.6 Å². The summed E-state index contributed by atoms with van der Waals surface area (Å²) in [5.41, 5.74) is 1.00. The molecule has 0 saturated carbocycles. The molecule has 84 valence electrons. The van der Waals surface area contributed by atoms with Gasteiger partial charge in [-0.15, -0.1) is 0 Å². The van der Waals surface area contributed by atoms with E-state index < -0.39 is 0 Å². The number of hydrogen-bond acceptors (Lipinski definition) is 4. The Balaban J connectivity index is 1.81. The first kappa shape index (κ1) is 11.0. The van der Waals surface area contributed by atoms with Gasteiger partial charge >= 0.3 is 0 Å². The quantitative estimate of drug-likeness (QED) is 0.858. The first-order chi connectivity index (χ1) is 7.25. The van der Waals surface area contributed by atoms with Crippen molar-refractivity contribution < 1.29 is 4.42 Å². The predicted octanol–water partition coefficient (Wildman–Crippen LogP) is 2.28. The highest BCUT2D eigenvalue weighted by atomic mass is 32.2. The van der Waals surface area contributed by atoms with Gasteiger partial charge in [-0.05, 0) is 32.4 Å². The van der Waals surface area contributed by atoms with Gasteiger partial charge in [-0.1, -0.05) is 0 Å². The van der Waals surface area contributed by atoms with Crippen LogP contribution in [0.4, 0.5) is 0 Å². The number of aromatic nitrogens is 1. The second-order valence-corrected chi connectivity index (χ2v) is 5.19. The number of thioether (sulfide) groups is 1. The molecule has 3 nitrogen and oxygen atoms in total. The SMILES string of the molecule is Cc1nc(CNC2CCCSC2)oc1C. The highest BCUT2D eigenvalue weighted by Gasteiger charge is 2.14. The van der Waals surface area contributed by atoms with E-state index in [0.29, 0.717) is 6.04 Å². The molecule has 15 heavy (non-hydrogen) atoms. The van der Waals surface area contributed by atoms with Crippen molar-refractivity contribution in [3.05, 3.63) is 17.3 Å². The molecule has 1 aromatic rings. The third-order valence-corrected chi connectivity index (χ3v) is 3.99. The Hall–Kier alpha value is -0.480. The Kier molecular flexibility index (Phi) is 3.70. The molecule has 2 rings (SSSR count). The van der Waals surface area contributed by atoms with E-state index in [-0.39, 0.29) is 0 Å². The lowest BCUT2D eigenvalue weighted by Gasteiger charge is -2.21. The van der Waals surface area contributed by atoms with Gasteiger partial charge in [0.05, 0.1) is 12.2 Å². The normalized spacial score (nSPS) is 21.9. The smallest absolute Gasteiger partial charge is 0.208 e. The minimum Gasteiger partial charge on any atom is -0.444 e. The van der Waals surface area contributed by atoms with E-state index in [1.54, 1.807) is 0 Å². The first-order valence-corrected chi connectivity index (χ1v) is 6.65. The average molecular weight is 226 g/mol. The standard InChI is InChI=1S/C11H18N2OS/c1-8-9(2)14-11(13-8)6-12-10-4-3-5-15-7-10/h10,12H,3-7H2,1-2H3. The molecule has 1 aliphatic heterocycles. The number of nitrogens with zero attached hydrogens (tertiary/aromatic N) is 1. The second-order valence-electron chi connectivity index (χ2n) is 4.04. The maximum Gasteiger partial charge on any atom is 0.208 e. The van der Waals surface area contributed by atoms with Crippen LogP contribution in [0.2, 0.25) is 0 Å². The van der Waals surface area contributed by atoms with E-state index in [2.05, 4.69) is 10.3 Å². The number of oxazole rings is 1. The maximum absolute atomic E-state index is 5.52. The van der Waals surface area contributed by atoms with Gasteiger partial charge in [-0.25, -0.2) is 4.98 Å². The summed E-state index contributed by atoms with van der Waals surface area (Å²) >= 11 is 2.03. The number of nitrogens with one attached hydrogen (secondary N) is 1. The van der Waals surface area contributed by atoms with Crippen LogP contribution in [-0.2, 0) is 6.54 Å². The largest absolute Gasteiger partial charge is 0.444 e. The van der Waals surface area contributed by atoms with E-state index in [0.717, 1.165) is 23.9 Å². The second kappa shape index (κ2) is 5.03. The molecule has 0 spiro atoms. The summed E-state index contributed by atoms with van der Waals surface area (Å²) in [7, 11) is 0. The van der Waals surface area contributed by atoms with Crippen molar-refractivity contribution in [2.75, 3.05) is 11.5 Å². The van der Waals surface area contributed by atoms with Gasteiger partial charge in [0.15, 0.2) is 0 Å². The van der Waals surface area contributed by atoms with Gasteiger partial charge in [0.2, 0.25) is 5.89 Å². The summed E-state index contributed by atoms with van der Waals surface area (Å²) in [6.45, 7) is 4.71. The van der Waals surface area contributed by atoms with Crippen LogP contribution in [0.25, 0.3) is 0 Å². The molecule has 1 saturated heterocycles. The average Bonchev–Trinajstić information content (AvgIpc) is 2.57. The fourth-order valence-corrected chi connectivity index (χ4v) is 2.85. The van der Waals surface area contributed by atoms with Gasteiger partial charge in [-0.3, -0.25) is 0 Å². The van der Waals surface area contributed by atoms with Crippen LogP contribution in [0.1, 0.15) is 30.2 Å². The topological polar surface area (TPSA) is 38.1 Å². The van der Waals surface area contributed by atoms with Crippen molar-refractivity contribution in [1.82, 2.24) is 10.3 Å². The molecule has 0 radical (unpaired) electrons. The summed E-state index contributed by atoms with van der Waals surface area (Å²) in [5, 5.41) is 3.50. The Bertz CT molecular complexity index is 299. The zero-order valence-electron chi connectivity index (χ0n) is 9.38. The van der Waals surface area contributed by atoms with Gasteiger partial charge in [-0.2, -0.15) is 11.8 Å². The Labute approximate surface area is 95.0 Å². The molecule has 0 bridgehead atoms. The molecule has 0 aromatic carbocycles. The molecule has 1 unspecified atom stereocenters. The van der Waals surface area contributed by atoms with E-state index in [9.17, 15) is 0 Å². The fraction of sp³-hybridized carbons (Fsp3) is 0.727. The summed E-state index contributed by atoms with van der Waals surface area (Å²) in [4.78, 5) is 4.36. The summed E-state index contributed by atoms with van der Waals surface area (Å²) < 4.78 is 5.52. The summed E-state index contributed by atoms with van der Waals surface area (Å²) in [5.74, 6) is 4.29. The molecule has 1 atom stereocenters. The van der Waals surface area contributed by atoms with Crippen LogP contribution < -0.4 is 5.32 Å². The number of aryl methyl sites for hydroxylation is 2. The van der Waals surface area contributed by atoms with Crippen molar-refractivity contribution in [1.29, 1.82) is 0 Å². The molecule has 2 heterocycles. The monoisotopic (exact) mass is 226 g/mol. The molecule has 0 amide bonds. The molecular weight excluding hydrogens is 208 g/mol. The highest BCUT2D eigenvalue weighted by molar-refractivity contribution is 7.99. The third-order valence-electron chi connectivity index (χ3n) is 2.78. The third kappa shape index (κ3) is 2.98. The zero-order chi connectivity index (χ0) is 10.7. The van der Waals surface area contributed by atoms with Crippen LogP contribution in [0.3, 0.4) is 0 Å². The molecular formula is C11H18N2OS. The molecule has 1 aliphatic rings. The lowest BCUT2D eigenvalue weighted by atomic mass is 10.2. The molecule has 0 aliphatic carbocycles. The van der Waals surface area contributed by atoms with Crippen LogP contribution in [0, 0.1) is 13.8 Å². The van der Waals surface area contributed by atoms with Crippen LogP contribution >= 0.6 is 11.8 Å². The van der Waals surface area contributed by atoms with Crippen molar-refractivity contribution in [3.63, 3.8) is 0 Å². The highest BCUT2D eigenvalue weighted by Crippen LogP contribution is 2.17. The van der Waals surface area contributed by atoms with Gasteiger partial charge in [0.25, 0.3) is 0 Å². The van der Waals surface area contributed by atoms with Crippen LogP contribution in [-0.4, -0.2) is 22.5 Å². The maximum atomic E-state index is 5.52. The predicted molar refractivity (Wildman–Crippen MR) is 63.2 cm³/mol. The molecule has 1 N–H and O–H groups in total. The minimum atomic E-state index is 0.635. The lowest BCUT2D eigenvalue weighted by molar-refractivity contribution is 0.419. The van der Waals surface area contributed by atoms with Crippen molar-refractivity contribution in [2.24, 2.45) is 0 Å². The van der Waals surface area contributed by atoms with E-state index in [4.69, 9.17) is 4.42 Å². The number of rotatable bonds is 3. The minimum absolute atomic E-state index is 0.635. The fourth-order valence-electron chi connectivity index (χ4n) is 1.75. The summed E-state index contributed by atoms with van der Waals surface area (Å²) in [6, 6.07) is 0.635. The van der Waals surface area contributed by atoms with Gasteiger partial charge < -0.3 is 9.73 Å². The van der Waals surface area contributed by atoms with Crippen LogP contribution in [0.15, 0.2) is 4.42 Å². The van der Waals surface area contributed by atoms with Crippen LogP contribution in [0.5, 0.6) is 0 Å². The van der Waals surface area contributed by atoms with Crippen molar-refractivity contribution in [2.45, 2.75) is 39.3 Å². The van der Waals surface area contributed by atoms with Crippen molar-refractivity contribution in [3.8, 4) is 0 Å². The van der Waals surface area contributed by atoms with Gasteiger partial charge in [0.1, 0.15) is 5.76 Å². The Morgan fingerprint density at radius 3 is 3.00 bits per heavy atom. The number of hydrogen-bond donors (Lipinski definition) is 1. The first-order valence-electron chi connectivity index (χ1n) is 5.50. The lowest BCUT2D eigenvalue weighted by Crippen LogP contribution is -2.33. The molecule has 4 heteroatoms.